The Kier molecular flexibility index (Phi) is 5.80. The van der Waals surface area contributed by atoms with Crippen molar-refractivity contribution in [3.8, 4) is 11.1 Å². The summed E-state index contributed by atoms with van der Waals surface area (Å²) in [5, 5.41) is 11.5. The highest BCUT2D eigenvalue weighted by Crippen LogP contribution is 2.44. The number of aromatic carboxylic acids is 1. The van der Waals surface area contributed by atoms with Gasteiger partial charge in [0.25, 0.3) is 0 Å². The smallest absolute Gasteiger partial charge is 0.407 e. The number of carboxylic acid groups (broad SMARTS) is 1. The normalized spacial score (nSPS) is 12.4. The third kappa shape index (κ3) is 4.33. The lowest BCUT2D eigenvalue weighted by Gasteiger charge is -2.14. The minimum absolute atomic E-state index is 0.0180. The van der Waals surface area contributed by atoms with Crippen molar-refractivity contribution in [1.82, 2.24) is 5.32 Å². The molecule has 0 spiro atoms. The van der Waals surface area contributed by atoms with Gasteiger partial charge in [-0.15, -0.1) is 0 Å². The van der Waals surface area contributed by atoms with Crippen LogP contribution in [0.5, 0.6) is 0 Å². The van der Waals surface area contributed by atoms with Crippen molar-refractivity contribution in [2.45, 2.75) is 5.92 Å². The maximum absolute atomic E-state index is 13.9. The van der Waals surface area contributed by atoms with Crippen molar-refractivity contribution in [1.29, 1.82) is 0 Å². The average Bonchev–Trinajstić information content (AvgIpc) is 3.10. The largest absolute Gasteiger partial charge is 0.478 e. The number of hydrogen-bond acceptors (Lipinski definition) is 3. The van der Waals surface area contributed by atoms with Gasteiger partial charge in [-0.05, 0) is 34.4 Å². The quantitative estimate of drug-likeness (QED) is 0.587. The lowest BCUT2D eigenvalue weighted by atomic mass is 9.98. The molecule has 0 radical (unpaired) electrons. The number of benzene rings is 3. The number of alkyl carbamates (subject to hydrolysis) is 1. The van der Waals surface area contributed by atoms with E-state index < -0.39 is 17.9 Å². The lowest BCUT2D eigenvalue weighted by molar-refractivity contribution is 0.0696. The van der Waals surface area contributed by atoms with Gasteiger partial charge >= 0.3 is 12.1 Å². The monoisotopic (exact) mass is 417 g/mol. The Labute approximate surface area is 178 Å². The highest BCUT2D eigenvalue weighted by atomic mass is 19.1. The van der Waals surface area contributed by atoms with Gasteiger partial charge in [0.15, 0.2) is 0 Å². The predicted octanol–water partition coefficient (Wildman–Crippen LogP) is 5.08. The number of carbonyl (C=O) groups excluding carboxylic acids is 1. The van der Waals surface area contributed by atoms with Gasteiger partial charge in [0.1, 0.15) is 12.4 Å². The molecule has 0 saturated carbocycles. The Morgan fingerprint density at radius 1 is 1.00 bits per heavy atom. The molecule has 5 nitrogen and oxygen atoms in total. The van der Waals surface area contributed by atoms with E-state index in [1.807, 2.05) is 36.4 Å². The molecule has 2 N–H and O–H groups in total. The van der Waals surface area contributed by atoms with Crippen LogP contribution in [0.25, 0.3) is 17.2 Å². The highest BCUT2D eigenvalue weighted by molar-refractivity contribution is 5.87. The summed E-state index contributed by atoms with van der Waals surface area (Å²) < 4.78 is 19.3. The molecule has 0 aromatic heterocycles. The van der Waals surface area contributed by atoms with E-state index in [1.165, 1.54) is 18.2 Å². The first kappa shape index (κ1) is 20.3. The van der Waals surface area contributed by atoms with Gasteiger partial charge in [0, 0.05) is 18.0 Å². The van der Waals surface area contributed by atoms with Gasteiger partial charge in [-0.3, -0.25) is 0 Å². The lowest BCUT2D eigenvalue weighted by Crippen LogP contribution is -2.26. The van der Waals surface area contributed by atoms with Gasteiger partial charge in [0.05, 0.1) is 5.56 Å². The van der Waals surface area contributed by atoms with Crippen LogP contribution < -0.4 is 5.32 Å². The summed E-state index contributed by atoms with van der Waals surface area (Å²) in [5.41, 5.74) is 4.70. The maximum atomic E-state index is 13.9. The summed E-state index contributed by atoms with van der Waals surface area (Å²) in [5.74, 6) is -1.85. The summed E-state index contributed by atoms with van der Waals surface area (Å²) in [6.45, 7) is 0.367. The fourth-order valence-electron chi connectivity index (χ4n) is 3.77. The van der Waals surface area contributed by atoms with Crippen molar-refractivity contribution in [2.75, 3.05) is 13.2 Å². The Hall–Kier alpha value is -3.93. The number of fused-ring (bicyclic) bond motifs is 3. The topological polar surface area (TPSA) is 75.6 Å². The van der Waals surface area contributed by atoms with E-state index in [4.69, 9.17) is 9.84 Å². The molecular formula is C25H20FNO4. The molecule has 0 fully saturated rings. The number of amides is 1. The van der Waals surface area contributed by atoms with Crippen LogP contribution in [0.4, 0.5) is 9.18 Å². The molecule has 4 rings (SSSR count). The van der Waals surface area contributed by atoms with Crippen LogP contribution in [0, 0.1) is 5.82 Å². The fraction of sp³-hybridized carbons (Fsp3) is 0.120. The molecule has 0 unspecified atom stereocenters. The van der Waals surface area contributed by atoms with Crippen LogP contribution in [0.1, 0.15) is 33.0 Å². The Morgan fingerprint density at radius 3 is 2.26 bits per heavy atom. The molecule has 0 saturated heterocycles. The van der Waals surface area contributed by atoms with E-state index in [1.54, 1.807) is 6.08 Å². The molecule has 0 aliphatic heterocycles. The highest BCUT2D eigenvalue weighted by Gasteiger charge is 2.28. The molecule has 0 bridgehead atoms. The molecule has 31 heavy (non-hydrogen) atoms. The van der Waals surface area contributed by atoms with E-state index >= 15 is 0 Å². The SMILES string of the molecule is O=C(NCC=Cc1ccc(C(=O)O)cc1F)OCC1c2ccccc2-c2ccccc21. The summed E-state index contributed by atoms with van der Waals surface area (Å²) in [7, 11) is 0. The molecule has 3 aromatic rings. The van der Waals surface area contributed by atoms with Crippen molar-refractivity contribution < 1.29 is 23.8 Å². The number of rotatable bonds is 6. The number of hydrogen-bond donors (Lipinski definition) is 2. The van der Waals surface area contributed by atoms with Crippen molar-refractivity contribution >= 4 is 18.1 Å². The van der Waals surface area contributed by atoms with Crippen LogP contribution in [0.3, 0.4) is 0 Å². The Morgan fingerprint density at radius 2 is 1.65 bits per heavy atom. The molecule has 1 aliphatic rings. The molecule has 1 aliphatic carbocycles. The number of nitrogens with one attached hydrogen (secondary N) is 1. The number of carbonyl (C=O) groups is 2. The van der Waals surface area contributed by atoms with E-state index in [2.05, 4.69) is 17.4 Å². The standard InChI is InChI=1S/C25H20FNO4/c26-23-14-17(24(28)29)12-11-16(23)6-5-13-27-25(30)31-15-22-20-9-3-1-7-18(20)19-8-2-4-10-21(19)22/h1-12,14,22H,13,15H2,(H,27,30)(H,28,29). The molecule has 6 heteroatoms. The zero-order valence-electron chi connectivity index (χ0n) is 16.5. The second-order valence-electron chi connectivity index (χ2n) is 7.15. The second-order valence-corrected chi connectivity index (χ2v) is 7.15. The summed E-state index contributed by atoms with van der Waals surface area (Å²) in [6, 6.07) is 19.8. The van der Waals surface area contributed by atoms with E-state index in [-0.39, 0.29) is 30.2 Å². The van der Waals surface area contributed by atoms with Crippen LogP contribution in [-0.4, -0.2) is 30.3 Å². The minimum Gasteiger partial charge on any atom is -0.478 e. The number of ether oxygens (including phenoxy) is 1. The predicted molar refractivity (Wildman–Crippen MR) is 115 cm³/mol. The second kappa shape index (κ2) is 8.83. The fourth-order valence-corrected chi connectivity index (χ4v) is 3.77. The third-order valence-electron chi connectivity index (χ3n) is 5.25. The molecule has 0 atom stereocenters. The van der Waals surface area contributed by atoms with Crippen molar-refractivity contribution in [3.63, 3.8) is 0 Å². The molecule has 3 aromatic carbocycles. The van der Waals surface area contributed by atoms with Gasteiger partial charge in [-0.25, -0.2) is 14.0 Å². The third-order valence-corrected chi connectivity index (χ3v) is 5.25. The van der Waals surface area contributed by atoms with Gasteiger partial charge in [0.2, 0.25) is 0 Å². The molecule has 156 valence electrons. The van der Waals surface area contributed by atoms with E-state index in [9.17, 15) is 14.0 Å². The Balaban J connectivity index is 1.32. The van der Waals surface area contributed by atoms with Crippen molar-refractivity contribution in [2.24, 2.45) is 0 Å². The maximum Gasteiger partial charge on any atom is 0.407 e. The zero-order chi connectivity index (χ0) is 21.8. The Bertz CT molecular complexity index is 1130. The summed E-state index contributed by atoms with van der Waals surface area (Å²) in [4.78, 5) is 23.0. The van der Waals surface area contributed by atoms with Gasteiger partial charge in [-0.1, -0.05) is 66.7 Å². The first-order chi connectivity index (χ1) is 15.0. The number of halogens is 1. The van der Waals surface area contributed by atoms with Crippen LogP contribution >= 0.6 is 0 Å². The van der Waals surface area contributed by atoms with Crippen LogP contribution in [0.15, 0.2) is 72.8 Å². The van der Waals surface area contributed by atoms with Crippen LogP contribution in [-0.2, 0) is 4.74 Å². The van der Waals surface area contributed by atoms with Crippen LogP contribution in [0.2, 0.25) is 0 Å². The minimum atomic E-state index is -1.19. The molecular weight excluding hydrogens is 397 g/mol. The zero-order valence-corrected chi connectivity index (χ0v) is 16.5. The van der Waals surface area contributed by atoms with Gasteiger partial charge < -0.3 is 15.2 Å². The summed E-state index contributed by atoms with van der Waals surface area (Å²) >= 11 is 0. The van der Waals surface area contributed by atoms with Gasteiger partial charge in [-0.2, -0.15) is 0 Å². The molecule has 1 amide bonds. The first-order valence-corrected chi connectivity index (χ1v) is 9.83. The number of carboxylic acids is 1. The molecule has 0 heterocycles. The van der Waals surface area contributed by atoms with Crippen molar-refractivity contribution in [3.05, 3.63) is 101 Å². The van der Waals surface area contributed by atoms with E-state index in [0.717, 1.165) is 28.3 Å². The van der Waals surface area contributed by atoms with E-state index in [0.29, 0.717) is 0 Å². The average molecular weight is 417 g/mol. The first-order valence-electron chi connectivity index (χ1n) is 9.83. The summed E-state index contributed by atoms with van der Waals surface area (Å²) in [6.07, 6.45) is 2.48.